The molecule has 1 aromatic rings. The molecule has 0 aromatic carbocycles. The van der Waals surface area contributed by atoms with E-state index in [4.69, 9.17) is 4.42 Å². The van der Waals surface area contributed by atoms with E-state index >= 15 is 0 Å². The first-order valence-corrected chi connectivity index (χ1v) is 4.24. The molecule has 0 radical (unpaired) electrons. The Morgan fingerprint density at radius 3 is 2.75 bits per heavy atom. The Kier molecular flexibility index (Phi) is 1.89. The van der Waals surface area contributed by atoms with Crippen molar-refractivity contribution in [1.82, 2.24) is 5.32 Å². The van der Waals surface area contributed by atoms with Gasteiger partial charge in [0.05, 0.1) is 12.5 Å². The van der Waals surface area contributed by atoms with E-state index in [0.29, 0.717) is 18.4 Å². The molecular weight excluding hydrogens is 157 g/mol. The van der Waals surface area contributed by atoms with Gasteiger partial charge in [-0.2, -0.15) is 0 Å². The van der Waals surface area contributed by atoms with Gasteiger partial charge < -0.3 is 9.73 Å². The number of piperidine rings is 1. The third-order valence-corrected chi connectivity index (χ3v) is 2.43. The lowest BCUT2D eigenvalue weighted by atomic mass is 9.89. The number of hydrogen-bond donors (Lipinski definition) is 1. The Bertz CT molecular complexity index is 239. The Morgan fingerprint density at radius 2 is 2.17 bits per heavy atom. The van der Waals surface area contributed by atoms with Crippen LogP contribution in [-0.4, -0.2) is 13.1 Å². The fourth-order valence-corrected chi connectivity index (χ4v) is 1.63. The topological polar surface area (TPSA) is 25.2 Å². The summed E-state index contributed by atoms with van der Waals surface area (Å²) in [4.78, 5) is 0. The minimum absolute atomic E-state index is 0.548. The summed E-state index contributed by atoms with van der Waals surface area (Å²) in [5.74, 6) is 0. The SMILES string of the molecule is FC1(c2ccoc2)CCNCC1. The maximum absolute atomic E-state index is 14.0. The minimum Gasteiger partial charge on any atom is -0.472 e. The number of nitrogens with one attached hydrogen (secondary N) is 1. The molecule has 0 unspecified atom stereocenters. The van der Waals surface area contributed by atoms with E-state index in [1.807, 2.05) is 0 Å². The van der Waals surface area contributed by atoms with Gasteiger partial charge in [0.15, 0.2) is 0 Å². The molecule has 1 fully saturated rings. The molecule has 1 aliphatic heterocycles. The lowest BCUT2D eigenvalue weighted by molar-refractivity contribution is 0.114. The molecule has 1 saturated heterocycles. The predicted octanol–water partition coefficient (Wildman–Crippen LogP) is 1.83. The summed E-state index contributed by atoms with van der Waals surface area (Å²) in [7, 11) is 0. The van der Waals surface area contributed by atoms with Crippen molar-refractivity contribution in [2.24, 2.45) is 0 Å². The average Bonchev–Trinajstić information content (AvgIpc) is 2.58. The minimum atomic E-state index is -1.15. The molecule has 2 heterocycles. The smallest absolute Gasteiger partial charge is 0.141 e. The number of hydrogen-bond acceptors (Lipinski definition) is 2. The van der Waals surface area contributed by atoms with Gasteiger partial charge in [-0.15, -0.1) is 0 Å². The van der Waals surface area contributed by atoms with Crippen LogP contribution in [0.15, 0.2) is 23.0 Å². The first-order valence-electron chi connectivity index (χ1n) is 4.24. The fraction of sp³-hybridized carbons (Fsp3) is 0.556. The predicted molar refractivity (Wildman–Crippen MR) is 43.6 cm³/mol. The summed E-state index contributed by atoms with van der Waals surface area (Å²) in [6.07, 6.45) is 4.13. The maximum Gasteiger partial charge on any atom is 0.141 e. The molecule has 0 saturated carbocycles. The molecule has 12 heavy (non-hydrogen) atoms. The maximum atomic E-state index is 14.0. The van der Waals surface area contributed by atoms with E-state index in [9.17, 15) is 4.39 Å². The van der Waals surface area contributed by atoms with Crippen molar-refractivity contribution in [3.63, 3.8) is 0 Å². The fourth-order valence-electron chi connectivity index (χ4n) is 1.63. The number of halogens is 1. The van der Waals surface area contributed by atoms with Gasteiger partial charge >= 0.3 is 0 Å². The van der Waals surface area contributed by atoms with Crippen LogP contribution in [0.5, 0.6) is 0 Å². The zero-order chi connectivity index (χ0) is 8.44. The summed E-state index contributed by atoms with van der Waals surface area (Å²) in [5.41, 5.74) is -0.470. The lowest BCUT2D eigenvalue weighted by Crippen LogP contribution is -2.36. The van der Waals surface area contributed by atoms with Crippen molar-refractivity contribution in [3.8, 4) is 0 Å². The summed E-state index contributed by atoms with van der Waals surface area (Å²) in [5, 5.41) is 3.13. The van der Waals surface area contributed by atoms with Crippen LogP contribution in [0.25, 0.3) is 0 Å². The van der Waals surface area contributed by atoms with Crippen LogP contribution >= 0.6 is 0 Å². The zero-order valence-corrected chi connectivity index (χ0v) is 6.85. The molecule has 3 heteroatoms. The Balaban J connectivity index is 2.19. The number of alkyl halides is 1. The molecule has 1 aliphatic rings. The highest BCUT2D eigenvalue weighted by atomic mass is 19.1. The van der Waals surface area contributed by atoms with E-state index in [2.05, 4.69) is 5.32 Å². The van der Waals surface area contributed by atoms with Crippen molar-refractivity contribution < 1.29 is 8.81 Å². The van der Waals surface area contributed by atoms with Crippen molar-refractivity contribution in [3.05, 3.63) is 24.2 Å². The third kappa shape index (κ3) is 1.25. The van der Waals surface area contributed by atoms with Gasteiger partial charge in [0, 0.05) is 5.56 Å². The van der Waals surface area contributed by atoms with Crippen molar-refractivity contribution >= 4 is 0 Å². The second kappa shape index (κ2) is 2.90. The van der Waals surface area contributed by atoms with Gasteiger partial charge in [0.2, 0.25) is 0 Å². The van der Waals surface area contributed by atoms with E-state index in [-0.39, 0.29) is 0 Å². The first kappa shape index (κ1) is 7.80. The van der Waals surface area contributed by atoms with E-state index in [1.54, 1.807) is 6.07 Å². The summed E-state index contributed by atoms with van der Waals surface area (Å²) < 4.78 is 18.9. The molecule has 0 aliphatic carbocycles. The van der Waals surface area contributed by atoms with Crippen LogP contribution in [0.4, 0.5) is 4.39 Å². The van der Waals surface area contributed by atoms with Crippen LogP contribution in [-0.2, 0) is 5.67 Å². The molecule has 0 bridgehead atoms. The molecule has 0 amide bonds. The number of rotatable bonds is 1. The van der Waals surface area contributed by atoms with Gasteiger partial charge in [-0.05, 0) is 32.0 Å². The van der Waals surface area contributed by atoms with Gasteiger partial charge in [0.25, 0.3) is 0 Å². The quantitative estimate of drug-likeness (QED) is 0.693. The summed E-state index contributed by atoms with van der Waals surface area (Å²) in [6, 6.07) is 1.71. The highest BCUT2D eigenvalue weighted by Gasteiger charge is 2.34. The van der Waals surface area contributed by atoms with Crippen molar-refractivity contribution in [2.45, 2.75) is 18.5 Å². The summed E-state index contributed by atoms with van der Waals surface area (Å²) >= 11 is 0. The molecule has 66 valence electrons. The standard InChI is InChI=1S/C9H12FNO/c10-9(2-4-11-5-3-9)8-1-6-12-7-8/h1,6-7,11H,2-5H2. The molecule has 0 spiro atoms. The molecule has 2 nitrogen and oxygen atoms in total. The van der Waals surface area contributed by atoms with E-state index < -0.39 is 5.67 Å². The van der Waals surface area contributed by atoms with Crippen LogP contribution in [0, 0.1) is 0 Å². The Hall–Kier alpha value is -0.830. The number of furan rings is 1. The van der Waals surface area contributed by atoms with Gasteiger partial charge in [-0.25, -0.2) is 4.39 Å². The highest BCUT2D eigenvalue weighted by molar-refractivity contribution is 5.17. The van der Waals surface area contributed by atoms with Gasteiger partial charge in [0.1, 0.15) is 5.67 Å². The second-order valence-electron chi connectivity index (χ2n) is 3.23. The van der Waals surface area contributed by atoms with Gasteiger partial charge in [-0.3, -0.25) is 0 Å². The zero-order valence-electron chi connectivity index (χ0n) is 6.85. The molecule has 2 rings (SSSR count). The van der Waals surface area contributed by atoms with Crippen LogP contribution in [0.1, 0.15) is 18.4 Å². The van der Waals surface area contributed by atoms with Crippen molar-refractivity contribution in [1.29, 1.82) is 0 Å². The summed E-state index contributed by atoms with van der Waals surface area (Å²) in [6.45, 7) is 1.50. The normalized spacial score (nSPS) is 22.4. The van der Waals surface area contributed by atoms with Crippen LogP contribution < -0.4 is 5.32 Å². The Labute approximate surface area is 70.8 Å². The lowest BCUT2D eigenvalue weighted by Gasteiger charge is -2.28. The second-order valence-corrected chi connectivity index (χ2v) is 3.23. The molecule has 0 atom stereocenters. The highest BCUT2D eigenvalue weighted by Crippen LogP contribution is 2.34. The Morgan fingerprint density at radius 1 is 1.42 bits per heavy atom. The molecule has 1 aromatic heterocycles. The van der Waals surface area contributed by atoms with Gasteiger partial charge in [-0.1, -0.05) is 0 Å². The third-order valence-electron chi connectivity index (χ3n) is 2.43. The first-order chi connectivity index (χ1) is 5.81. The van der Waals surface area contributed by atoms with E-state index in [1.165, 1.54) is 12.5 Å². The monoisotopic (exact) mass is 169 g/mol. The average molecular weight is 169 g/mol. The van der Waals surface area contributed by atoms with Crippen LogP contribution in [0.3, 0.4) is 0 Å². The molecule has 1 N–H and O–H groups in total. The van der Waals surface area contributed by atoms with Crippen LogP contribution in [0.2, 0.25) is 0 Å². The largest absolute Gasteiger partial charge is 0.472 e. The van der Waals surface area contributed by atoms with Crippen molar-refractivity contribution in [2.75, 3.05) is 13.1 Å². The molecular formula is C9H12FNO. The van der Waals surface area contributed by atoms with E-state index in [0.717, 1.165) is 13.1 Å².